The number of hydrazine groups is 1. The number of nitrogens with one attached hydrogen (secondary N) is 2. The normalized spacial score (nSPS) is 31.3. The van der Waals surface area contributed by atoms with Crippen LogP contribution >= 0.6 is 11.6 Å². The first-order valence-corrected chi connectivity index (χ1v) is 10.0. The van der Waals surface area contributed by atoms with E-state index in [1.165, 1.54) is 49.6 Å². The van der Waals surface area contributed by atoms with Gasteiger partial charge < -0.3 is 0 Å². The smallest absolute Gasteiger partial charge is 0.262 e. The summed E-state index contributed by atoms with van der Waals surface area (Å²) in [6.07, 6.45) is 10.8. The minimum atomic E-state index is -0.504. The molecule has 1 aromatic carbocycles. The minimum Gasteiger partial charge on any atom is -0.273 e. The molecule has 2 amide bonds. The van der Waals surface area contributed by atoms with Gasteiger partial charge in [-0.3, -0.25) is 20.4 Å². The molecule has 4 nitrogen and oxygen atoms in total. The third kappa shape index (κ3) is 4.18. The number of halogens is 2. The van der Waals surface area contributed by atoms with E-state index in [1.54, 1.807) is 0 Å². The van der Waals surface area contributed by atoms with Crippen molar-refractivity contribution in [2.45, 2.75) is 44.9 Å². The highest BCUT2D eigenvalue weighted by Gasteiger charge is 2.51. The zero-order valence-corrected chi connectivity index (χ0v) is 15.9. The second kappa shape index (κ2) is 7.27. The first kappa shape index (κ1) is 18.5. The number of rotatable bonds is 4. The molecule has 0 saturated heterocycles. The molecular weight excluding hydrogens is 367 g/mol. The third-order valence-electron chi connectivity index (χ3n) is 6.40. The fourth-order valence-electron chi connectivity index (χ4n) is 5.85. The average Bonchev–Trinajstić information content (AvgIpc) is 2.59. The topological polar surface area (TPSA) is 58.2 Å². The lowest BCUT2D eigenvalue weighted by molar-refractivity contribution is -0.133. The summed E-state index contributed by atoms with van der Waals surface area (Å²) < 4.78 is 13.1. The number of benzene rings is 1. The van der Waals surface area contributed by atoms with Crippen LogP contribution in [0.15, 0.2) is 24.3 Å². The van der Waals surface area contributed by atoms with Gasteiger partial charge in [-0.15, -0.1) is 0 Å². The second-order valence-corrected chi connectivity index (χ2v) is 9.05. The molecule has 0 heterocycles. The summed E-state index contributed by atoms with van der Waals surface area (Å²) >= 11 is 5.71. The van der Waals surface area contributed by atoms with E-state index in [2.05, 4.69) is 10.9 Å². The Morgan fingerprint density at radius 1 is 1.11 bits per heavy atom. The second-order valence-electron chi connectivity index (χ2n) is 8.64. The maximum absolute atomic E-state index is 13.1. The van der Waals surface area contributed by atoms with Gasteiger partial charge in [0.2, 0.25) is 5.91 Å². The van der Waals surface area contributed by atoms with Gasteiger partial charge in [0, 0.05) is 12.5 Å². The number of carbonyl (C=O) groups excluding carboxylic acids is 2. The van der Waals surface area contributed by atoms with Crippen LogP contribution in [0.2, 0.25) is 5.02 Å². The highest BCUT2D eigenvalue weighted by atomic mass is 35.5. The first-order valence-electron chi connectivity index (χ1n) is 9.63. The summed E-state index contributed by atoms with van der Waals surface area (Å²) in [7, 11) is 0. The Kier molecular flexibility index (Phi) is 4.97. The van der Waals surface area contributed by atoms with Crippen molar-refractivity contribution in [1.29, 1.82) is 0 Å². The zero-order chi connectivity index (χ0) is 19.0. The van der Waals surface area contributed by atoms with Crippen LogP contribution in [-0.2, 0) is 9.59 Å². The van der Waals surface area contributed by atoms with Gasteiger partial charge in [-0.2, -0.15) is 0 Å². The van der Waals surface area contributed by atoms with E-state index < -0.39 is 11.7 Å². The Balaban J connectivity index is 1.27. The third-order valence-corrected chi connectivity index (χ3v) is 6.69. The lowest BCUT2D eigenvalue weighted by Crippen LogP contribution is -2.49. The van der Waals surface area contributed by atoms with Gasteiger partial charge in [-0.25, -0.2) is 4.39 Å². The summed E-state index contributed by atoms with van der Waals surface area (Å²) in [5.41, 5.74) is 5.72. The van der Waals surface area contributed by atoms with E-state index >= 15 is 0 Å². The molecule has 0 aromatic heterocycles. The predicted molar refractivity (Wildman–Crippen MR) is 102 cm³/mol. The van der Waals surface area contributed by atoms with Crippen LogP contribution in [0.3, 0.4) is 0 Å². The van der Waals surface area contributed by atoms with Gasteiger partial charge >= 0.3 is 0 Å². The molecule has 0 aliphatic heterocycles. The maximum atomic E-state index is 13.1. The van der Waals surface area contributed by atoms with Gasteiger partial charge in [0.1, 0.15) is 5.82 Å². The van der Waals surface area contributed by atoms with E-state index in [-0.39, 0.29) is 16.3 Å². The molecule has 1 aromatic rings. The molecule has 4 fully saturated rings. The molecule has 4 aliphatic carbocycles. The van der Waals surface area contributed by atoms with Crippen molar-refractivity contribution in [3.05, 3.63) is 40.7 Å². The number of hydrogen-bond donors (Lipinski definition) is 2. The predicted octanol–water partition coefficient (Wildman–Crippen LogP) is 4.25. The molecule has 0 spiro atoms. The van der Waals surface area contributed by atoms with Gasteiger partial charge in [0.25, 0.3) is 5.91 Å². The van der Waals surface area contributed by atoms with Crippen LogP contribution < -0.4 is 10.9 Å². The van der Waals surface area contributed by atoms with Gasteiger partial charge in [-0.05, 0) is 85.5 Å². The molecule has 2 N–H and O–H groups in total. The monoisotopic (exact) mass is 390 g/mol. The molecule has 144 valence electrons. The van der Waals surface area contributed by atoms with E-state index in [0.717, 1.165) is 37.0 Å². The quantitative estimate of drug-likeness (QED) is 0.596. The maximum Gasteiger partial charge on any atom is 0.262 e. The van der Waals surface area contributed by atoms with Crippen LogP contribution in [0.4, 0.5) is 4.39 Å². The SMILES string of the molecule is O=C(/C=C/c1ccc(F)c(Cl)c1)NNC(=O)CC12CC3CC(CC(C3)C1)C2. The summed E-state index contributed by atoms with van der Waals surface area (Å²) in [6.45, 7) is 0. The summed E-state index contributed by atoms with van der Waals surface area (Å²) in [6, 6.07) is 4.20. The Labute approximate surface area is 163 Å². The first-order chi connectivity index (χ1) is 12.9. The van der Waals surface area contributed by atoms with Crippen LogP contribution in [-0.4, -0.2) is 11.8 Å². The van der Waals surface area contributed by atoms with Crippen LogP contribution in [0.25, 0.3) is 6.08 Å². The van der Waals surface area contributed by atoms with E-state index in [9.17, 15) is 14.0 Å². The molecule has 4 saturated carbocycles. The van der Waals surface area contributed by atoms with E-state index in [4.69, 9.17) is 11.6 Å². The standard InChI is InChI=1S/C21H24ClFN2O2/c22-17-8-13(1-3-18(17)23)2-4-19(26)24-25-20(27)12-21-9-14-5-15(10-21)7-16(6-14)11-21/h1-4,8,14-16H,5-7,9-12H2,(H,24,26)(H,25,27)/b4-2+. The summed E-state index contributed by atoms with van der Waals surface area (Å²) in [5, 5.41) is 0.00133. The lowest BCUT2D eigenvalue weighted by Gasteiger charge is -2.56. The fourth-order valence-corrected chi connectivity index (χ4v) is 6.04. The number of amides is 2. The Morgan fingerprint density at radius 3 is 2.33 bits per heavy atom. The minimum absolute atomic E-state index is 0.00133. The van der Waals surface area contributed by atoms with Gasteiger partial charge in [0.15, 0.2) is 0 Å². The summed E-state index contributed by atoms with van der Waals surface area (Å²) in [4.78, 5) is 24.3. The summed E-state index contributed by atoms with van der Waals surface area (Å²) in [5.74, 6) is 1.32. The van der Waals surface area contributed by atoms with Crippen molar-refractivity contribution in [3.8, 4) is 0 Å². The highest BCUT2D eigenvalue weighted by Crippen LogP contribution is 2.61. The van der Waals surface area contributed by atoms with Crippen molar-refractivity contribution in [2.75, 3.05) is 0 Å². The van der Waals surface area contributed by atoms with Crippen molar-refractivity contribution < 1.29 is 14.0 Å². The van der Waals surface area contributed by atoms with Crippen LogP contribution in [0, 0.1) is 29.0 Å². The lowest BCUT2D eigenvalue weighted by atomic mass is 9.49. The fraction of sp³-hybridized carbons (Fsp3) is 0.524. The van der Waals surface area contributed by atoms with E-state index in [0.29, 0.717) is 12.0 Å². The Bertz CT molecular complexity index is 757. The molecule has 0 radical (unpaired) electrons. The largest absolute Gasteiger partial charge is 0.273 e. The molecular formula is C21H24ClFN2O2. The molecule has 0 unspecified atom stereocenters. The van der Waals surface area contributed by atoms with Crippen LogP contribution in [0.5, 0.6) is 0 Å². The average molecular weight is 391 g/mol. The van der Waals surface area contributed by atoms with Gasteiger partial charge in [0.05, 0.1) is 5.02 Å². The van der Waals surface area contributed by atoms with Crippen molar-refractivity contribution in [2.24, 2.45) is 23.2 Å². The van der Waals surface area contributed by atoms with E-state index in [1.807, 2.05) is 0 Å². The Morgan fingerprint density at radius 2 is 1.74 bits per heavy atom. The Hall–Kier alpha value is -1.88. The molecule has 27 heavy (non-hydrogen) atoms. The van der Waals surface area contributed by atoms with Crippen molar-refractivity contribution in [3.63, 3.8) is 0 Å². The van der Waals surface area contributed by atoms with Gasteiger partial charge in [-0.1, -0.05) is 17.7 Å². The number of hydrogen-bond acceptors (Lipinski definition) is 2. The molecule has 4 bridgehead atoms. The molecule has 0 atom stereocenters. The number of carbonyl (C=O) groups is 2. The highest BCUT2D eigenvalue weighted by molar-refractivity contribution is 6.30. The molecule has 6 heteroatoms. The zero-order valence-electron chi connectivity index (χ0n) is 15.1. The molecule has 5 rings (SSSR count). The molecule has 4 aliphatic rings. The van der Waals surface area contributed by atoms with Crippen molar-refractivity contribution >= 4 is 29.5 Å². The van der Waals surface area contributed by atoms with Crippen molar-refractivity contribution in [1.82, 2.24) is 10.9 Å². The van der Waals surface area contributed by atoms with Crippen LogP contribution in [0.1, 0.15) is 50.5 Å².